The van der Waals surface area contributed by atoms with Crippen LogP contribution in [0.2, 0.25) is 0 Å². The molecule has 0 aliphatic heterocycles. The molecule has 0 atom stereocenters. The third-order valence-electron chi connectivity index (χ3n) is 4.14. The lowest BCUT2D eigenvalue weighted by Gasteiger charge is -2.07. The minimum atomic E-state index is -0.435. The first kappa shape index (κ1) is 22.2. The van der Waals surface area contributed by atoms with E-state index in [4.69, 9.17) is 26.1 Å². The van der Waals surface area contributed by atoms with Crippen molar-refractivity contribution in [2.75, 3.05) is 11.9 Å². The van der Waals surface area contributed by atoms with Gasteiger partial charge in [0.05, 0.1) is 12.2 Å². The normalized spacial score (nSPS) is 10.5. The molecule has 162 valence electrons. The largest absolute Gasteiger partial charge is 0.484 e. The number of carbonyl (C=O) groups excluding carboxylic acids is 2. The molecular formula is C22H23N3O5S. The summed E-state index contributed by atoms with van der Waals surface area (Å²) in [4.78, 5) is 24.4. The second kappa shape index (κ2) is 10.5. The molecule has 1 N–H and O–H groups in total. The molecule has 2 aromatic carbocycles. The van der Waals surface area contributed by atoms with Crippen molar-refractivity contribution < 1.29 is 23.5 Å². The van der Waals surface area contributed by atoms with Gasteiger partial charge in [-0.25, -0.2) is 9.48 Å². The van der Waals surface area contributed by atoms with Crippen LogP contribution in [0, 0.1) is 11.8 Å². The number of nitrogens with one attached hydrogen (secondary N) is 1. The summed E-state index contributed by atoms with van der Waals surface area (Å²) in [6.45, 7) is 4.19. The predicted molar refractivity (Wildman–Crippen MR) is 116 cm³/mol. The van der Waals surface area contributed by atoms with Crippen molar-refractivity contribution in [3.8, 4) is 5.75 Å². The number of carbonyl (C=O) groups is 2. The van der Waals surface area contributed by atoms with Crippen LogP contribution in [-0.2, 0) is 22.7 Å². The van der Waals surface area contributed by atoms with E-state index >= 15 is 0 Å². The topological polar surface area (TPSA) is 95.6 Å². The SMILES string of the molecule is CCCOC(=O)c1cccc(NC(=O)Cn2nc(COc3ccc(C)cc3)oc2=S)c1. The molecular weight excluding hydrogens is 418 g/mol. The van der Waals surface area contributed by atoms with Gasteiger partial charge in [-0.1, -0.05) is 30.7 Å². The Morgan fingerprint density at radius 3 is 2.71 bits per heavy atom. The van der Waals surface area contributed by atoms with E-state index in [1.54, 1.807) is 24.3 Å². The fraction of sp³-hybridized carbons (Fsp3) is 0.273. The molecule has 1 amide bonds. The maximum absolute atomic E-state index is 12.4. The van der Waals surface area contributed by atoms with E-state index in [9.17, 15) is 9.59 Å². The van der Waals surface area contributed by atoms with Crippen LogP contribution in [0.3, 0.4) is 0 Å². The number of anilines is 1. The number of hydrogen-bond acceptors (Lipinski definition) is 7. The molecule has 9 heteroatoms. The number of aromatic nitrogens is 2. The Kier molecular flexibility index (Phi) is 7.55. The minimum Gasteiger partial charge on any atom is -0.484 e. The zero-order valence-electron chi connectivity index (χ0n) is 17.3. The number of ether oxygens (including phenoxy) is 2. The van der Waals surface area contributed by atoms with Crippen molar-refractivity contribution in [1.82, 2.24) is 9.78 Å². The number of aryl methyl sites for hydroxylation is 1. The highest BCUT2D eigenvalue weighted by Crippen LogP contribution is 2.14. The second-order valence-corrected chi connectivity index (χ2v) is 7.14. The molecule has 3 rings (SSSR count). The number of amides is 1. The number of nitrogens with zero attached hydrogens (tertiary/aromatic N) is 2. The van der Waals surface area contributed by atoms with Crippen molar-refractivity contribution in [2.45, 2.75) is 33.4 Å². The van der Waals surface area contributed by atoms with Crippen LogP contribution in [0.15, 0.2) is 52.9 Å². The zero-order valence-corrected chi connectivity index (χ0v) is 18.1. The van der Waals surface area contributed by atoms with Gasteiger partial charge in [0.25, 0.3) is 10.7 Å². The van der Waals surface area contributed by atoms with Gasteiger partial charge in [0.2, 0.25) is 5.91 Å². The number of benzene rings is 2. The molecule has 0 spiro atoms. The van der Waals surface area contributed by atoms with E-state index < -0.39 is 5.97 Å². The number of rotatable bonds is 9. The van der Waals surface area contributed by atoms with Crippen LogP contribution >= 0.6 is 12.2 Å². The smallest absolute Gasteiger partial charge is 0.338 e. The summed E-state index contributed by atoms with van der Waals surface area (Å²) < 4.78 is 17.4. The lowest BCUT2D eigenvalue weighted by Crippen LogP contribution is -2.20. The average molecular weight is 442 g/mol. The van der Waals surface area contributed by atoms with E-state index in [1.165, 1.54) is 4.68 Å². The lowest BCUT2D eigenvalue weighted by molar-refractivity contribution is -0.117. The maximum atomic E-state index is 12.4. The highest BCUT2D eigenvalue weighted by atomic mass is 32.1. The molecule has 0 aliphatic rings. The van der Waals surface area contributed by atoms with Gasteiger partial charge >= 0.3 is 5.97 Å². The molecule has 8 nitrogen and oxygen atoms in total. The van der Waals surface area contributed by atoms with Gasteiger partial charge in [-0.15, -0.1) is 5.10 Å². The number of esters is 1. The Labute approximate surface area is 184 Å². The quantitative estimate of drug-likeness (QED) is 0.391. The molecule has 0 saturated carbocycles. The van der Waals surface area contributed by atoms with E-state index in [0.29, 0.717) is 23.6 Å². The number of hydrogen-bond donors (Lipinski definition) is 1. The van der Waals surface area contributed by atoms with E-state index in [0.717, 1.165) is 12.0 Å². The van der Waals surface area contributed by atoms with Crippen LogP contribution in [0.1, 0.15) is 35.2 Å². The van der Waals surface area contributed by atoms with Crippen LogP contribution < -0.4 is 10.1 Å². The van der Waals surface area contributed by atoms with Gasteiger partial charge < -0.3 is 19.2 Å². The van der Waals surface area contributed by atoms with Crippen LogP contribution in [0.4, 0.5) is 5.69 Å². The fourth-order valence-corrected chi connectivity index (χ4v) is 2.83. The van der Waals surface area contributed by atoms with Crippen LogP contribution in [-0.4, -0.2) is 28.3 Å². The van der Waals surface area contributed by atoms with Gasteiger partial charge in [0.15, 0.2) is 6.61 Å². The van der Waals surface area contributed by atoms with E-state index in [2.05, 4.69) is 10.4 Å². The maximum Gasteiger partial charge on any atom is 0.338 e. The molecule has 0 radical (unpaired) electrons. The summed E-state index contributed by atoms with van der Waals surface area (Å²) in [7, 11) is 0. The standard InChI is InChI=1S/C22H23N3O5S/c1-3-11-28-21(27)16-5-4-6-17(12-16)23-19(26)13-25-22(31)30-20(24-25)14-29-18-9-7-15(2)8-10-18/h4-10,12H,3,11,13-14H2,1-2H3,(H,23,26). The van der Waals surface area contributed by atoms with Crippen molar-refractivity contribution in [1.29, 1.82) is 0 Å². The lowest BCUT2D eigenvalue weighted by atomic mass is 10.2. The van der Waals surface area contributed by atoms with E-state index in [-0.39, 0.29) is 29.8 Å². The molecule has 0 bridgehead atoms. The van der Waals surface area contributed by atoms with Gasteiger partial charge in [-0.05, 0) is 55.9 Å². The van der Waals surface area contributed by atoms with Gasteiger partial charge in [-0.2, -0.15) is 0 Å². The van der Waals surface area contributed by atoms with Crippen LogP contribution in [0.5, 0.6) is 5.75 Å². The fourth-order valence-electron chi connectivity index (χ4n) is 2.63. The Morgan fingerprint density at radius 2 is 1.97 bits per heavy atom. The molecule has 3 aromatic rings. The Balaban J connectivity index is 1.57. The summed E-state index contributed by atoms with van der Waals surface area (Å²) in [6.07, 6.45) is 0.735. The second-order valence-electron chi connectivity index (χ2n) is 6.79. The summed E-state index contributed by atoms with van der Waals surface area (Å²) in [5, 5.41) is 6.90. The summed E-state index contributed by atoms with van der Waals surface area (Å²) in [5.74, 6) is 0.139. The van der Waals surface area contributed by atoms with Gasteiger partial charge in [0, 0.05) is 5.69 Å². The first-order chi connectivity index (χ1) is 14.9. The van der Waals surface area contributed by atoms with Gasteiger partial charge in [0.1, 0.15) is 12.3 Å². The Bertz CT molecular complexity index is 1100. The molecule has 0 unspecified atom stereocenters. The van der Waals surface area contributed by atoms with Crippen molar-refractivity contribution >= 4 is 29.8 Å². The molecule has 0 aliphatic carbocycles. The van der Waals surface area contributed by atoms with E-state index in [1.807, 2.05) is 38.1 Å². The Morgan fingerprint density at radius 1 is 1.19 bits per heavy atom. The zero-order chi connectivity index (χ0) is 22.2. The van der Waals surface area contributed by atoms with Crippen molar-refractivity contribution in [3.05, 3.63) is 70.4 Å². The third kappa shape index (κ3) is 6.51. The molecule has 0 fully saturated rings. The highest BCUT2D eigenvalue weighted by molar-refractivity contribution is 7.71. The summed E-state index contributed by atoms with van der Waals surface area (Å²) in [6, 6.07) is 14.1. The highest BCUT2D eigenvalue weighted by Gasteiger charge is 2.12. The molecule has 1 heterocycles. The third-order valence-corrected chi connectivity index (χ3v) is 4.44. The average Bonchev–Trinajstić information content (AvgIpc) is 3.10. The van der Waals surface area contributed by atoms with Gasteiger partial charge in [-0.3, -0.25) is 4.79 Å². The van der Waals surface area contributed by atoms with Crippen molar-refractivity contribution in [2.24, 2.45) is 0 Å². The molecule has 31 heavy (non-hydrogen) atoms. The molecule has 1 aromatic heterocycles. The predicted octanol–water partition coefficient (Wildman–Crippen LogP) is 4.30. The first-order valence-corrected chi connectivity index (χ1v) is 10.2. The summed E-state index contributed by atoms with van der Waals surface area (Å²) in [5.41, 5.74) is 1.96. The Hall–Kier alpha value is -3.46. The van der Waals surface area contributed by atoms with Crippen LogP contribution in [0.25, 0.3) is 0 Å². The molecule has 0 saturated heterocycles. The van der Waals surface area contributed by atoms with Crippen molar-refractivity contribution in [3.63, 3.8) is 0 Å². The monoisotopic (exact) mass is 441 g/mol. The summed E-state index contributed by atoms with van der Waals surface area (Å²) >= 11 is 5.14. The minimum absolute atomic E-state index is 0.0644. The first-order valence-electron chi connectivity index (χ1n) is 9.78.